The van der Waals surface area contributed by atoms with Crippen LogP contribution in [-0.2, 0) is 18.1 Å². The first-order valence-electron chi connectivity index (χ1n) is 6.88. The van der Waals surface area contributed by atoms with E-state index in [0.717, 1.165) is 31.3 Å². The Morgan fingerprint density at radius 1 is 1.53 bits per heavy atom. The molecule has 2 aliphatic rings. The molecule has 5 heteroatoms. The molecule has 0 unspecified atom stereocenters. The van der Waals surface area contributed by atoms with Crippen LogP contribution in [0, 0.1) is 0 Å². The molecule has 0 aromatic carbocycles. The number of phosphoric ester groups is 1. The molecule has 0 aliphatic carbocycles. The summed E-state index contributed by atoms with van der Waals surface area (Å²) >= 11 is 0. The summed E-state index contributed by atoms with van der Waals surface area (Å²) in [5, 5.41) is 0. The lowest BCUT2D eigenvalue weighted by Crippen LogP contribution is -2.29. The Hall–Kier alpha value is -0.410. The monoisotopic (exact) mass is 286 g/mol. The van der Waals surface area contributed by atoms with E-state index in [1.165, 1.54) is 5.57 Å². The fourth-order valence-corrected chi connectivity index (χ4v) is 4.09. The summed E-state index contributed by atoms with van der Waals surface area (Å²) in [6.07, 6.45) is 6.04. The third kappa shape index (κ3) is 4.57. The van der Waals surface area contributed by atoms with Gasteiger partial charge in [-0.05, 0) is 39.5 Å². The predicted molar refractivity (Wildman–Crippen MR) is 75.0 cm³/mol. The first-order chi connectivity index (χ1) is 8.97. The van der Waals surface area contributed by atoms with Gasteiger partial charge in [0, 0.05) is 6.42 Å². The van der Waals surface area contributed by atoms with Crippen LogP contribution in [0.1, 0.15) is 46.0 Å². The van der Waals surface area contributed by atoms with Gasteiger partial charge in [0.1, 0.15) is 0 Å². The second-order valence-electron chi connectivity index (χ2n) is 5.53. The molecule has 2 aliphatic heterocycles. The van der Waals surface area contributed by atoms with Crippen molar-refractivity contribution in [1.82, 2.24) is 0 Å². The number of allylic oxidation sites excluding steroid dienone is 1. The van der Waals surface area contributed by atoms with E-state index in [4.69, 9.17) is 13.6 Å². The van der Waals surface area contributed by atoms with Crippen LogP contribution in [0.5, 0.6) is 0 Å². The van der Waals surface area contributed by atoms with E-state index in [1.54, 1.807) is 0 Å². The first kappa shape index (κ1) is 15.0. The van der Waals surface area contributed by atoms with Gasteiger partial charge < -0.3 is 0 Å². The van der Waals surface area contributed by atoms with Gasteiger partial charge in [0.2, 0.25) is 0 Å². The topological polar surface area (TPSA) is 44.8 Å². The number of fused-ring (bicyclic) bond motifs is 2. The maximum atomic E-state index is 12.5. The number of hydrogen-bond acceptors (Lipinski definition) is 4. The first-order valence-corrected chi connectivity index (χ1v) is 8.34. The van der Waals surface area contributed by atoms with Crippen LogP contribution in [0.4, 0.5) is 0 Å². The second kappa shape index (κ2) is 6.36. The molecule has 3 atom stereocenters. The molecule has 0 N–H and O–H groups in total. The van der Waals surface area contributed by atoms with E-state index < -0.39 is 7.82 Å². The molecule has 2 bridgehead atoms. The minimum atomic E-state index is -3.39. The zero-order valence-electron chi connectivity index (χ0n) is 11.8. The number of phosphoric acid groups is 1. The summed E-state index contributed by atoms with van der Waals surface area (Å²) < 4.78 is 29.0. The van der Waals surface area contributed by atoms with Crippen LogP contribution < -0.4 is 0 Å². The van der Waals surface area contributed by atoms with Gasteiger partial charge in [0.05, 0.1) is 18.8 Å². The third-order valence-corrected chi connectivity index (χ3v) is 4.91. The quantitative estimate of drug-likeness (QED) is 0.558. The van der Waals surface area contributed by atoms with Crippen molar-refractivity contribution >= 4 is 7.82 Å². The highest BCUT2D eigenvalue weighted by Gasteiger charge is 2.40. The lowest BCUT2D eigenvalue weighted by atomic mass is 10.00. The molecule has 108 valence electrons. The highest BCUT2D eigenvalue weighted by Crippen LogP contribution is 2.57. The van der Waals surface area contributed by atoms with Crippen LogP contribution in [0.2, 0.25) is 0 Å². The molecule has 0 aromatic rings. The Morgan fingerprint density at radius 2 is 2.32 bits per heavy atom. The molecule has 4 nitrogen and oxygen atoms in total. The molecule has 0 amide bonds. The summed E-state index contributed by atoms with van der Waals surface area (Å²) in [5.41, 5.74) is 2.31. The van der Waals surface area contributed by atoms with Gasteiger partial charge in [-0.15, -0.1) is 6.58 Å². The molecule has 2 rings (SSSR count). The average molecular weight is 286 g/mol. The van der Waals surface area contributed by atoms with Crippen molar-refractivity contribution in [2.45, 2.75) is 58.2 Å². The normalized spacial score (nSPS) is 39.2. The Labute approximate surface area is 115 Å². The lowest BCUT2D eigenvalue weighted by Gasteiger charge is -2.35. The van der Waals surface area contributed by atoms with Crippen molar-refractivity contribution in [3.05, 3.63) is 23.8 Å². The second-order valence-corrected chi connectivity index (χ2v) is 7.10. The van der Waals surface area contributed by atoms with E-state index in [9.17, 15) is 4.57 Å². The molecule has 2 heterocycles. The van der Waals surface area contributed by atoms with E-state index in [1.807, 2.05) is 6.92 Å². The van der Waals surface area contributed by atoms with Crippen LogP contribution in [0.25, 0.3) is 0 Å². The average Bonchev–Trinajstić information content (AvgIpc) is 2.25. The van der Waals surface area contributed by atoms with Crippen LogP contribution in [0.15, 0.2) is 23.8 Å². The highest BCUT2D eigenvalue weighted by molar-refractivity contribution is 7.48. The lowest BCUT2D eigenvalue weighted by molar-refractivity contribution is -0.0108. The fourth-order valence-electron chi connectivity index (χ4n) is 2.51. The van der Waals surface area contributed by atoms with Gasteiger partial charge in [0.25, 0.3) is 0 Å². The standard InChI is InChI=1S/C14H23O4P/c1-11(2)8-13-10-14-9-12(3)6-4-5-7-16-19(15,17-13)18-14/h6,13-14H,1,4-5,7-10H2,2-3H3/b12-6-/t13-,14-,19+/m1/s1. The SMILES string of the molecule is C=C(C)C[C@@H]1C[C@H]2C/C(C)=C\CCCO[P@@](=O)(O1)O2. The van der Waals surface area contributed by atoms with Crippen molar-refractivity contribution in [3.8, 4) is 0 Å². The number of rotatable bonds is 2. The summed E-state index contributed by atoms with van der Waals surface area (Å²) in [6, 6.07) is 0. The van der Waals surface area contributed by atoms with Gasteiger partial charge in [-0.25, -0.2) is 4.57 Å². The van der Waals surface area contributed by atoms with E-state index in [2.05, 4.69) is 19.6 Å². The van der Waals surface area contributed by atoms with Crippen molar-refractivity contribution in [1.29, 1.82) is 0 Å². The Kier molecular flexibility index (Phi) is 5.02. The van der Waals surface area contributed by atoms with Gasteiger partial charge in [0.15, 0.2) is 0 Å². The summed E-state index contributed by atoms with van der Waals surface area (Å²) in [4.78, 5) is 0. The summed E-state index contributed by atoms with van der Waals surface area (Å²) in [6.45, 7) is 8.35. The Morgan fingerprint density at radius 3 is 3.05 bits per heavy atom. The maximum Gasteiger partial charge on any atom is 0.475 e. The van der Waals surface area contributed by atoms with Gasteiger partial charge >= 0.3 is 7.82 Å². The van der Waals surface area contributed by atoms with Gasteiger partial charge in [-0.1, -0.05) is 17.2 Å². The largest absolute Gasteiger partial charge is 0.475 e. The minimum absolute atomic E-state index is 0.0849. The molecule has 0 radical (unpaired) electrons. The van der Waals surface area contributed by atoms with Crippen molar-refractivity contribution in [3.63, 3.8) is 0 Å². The summed E-state index contributed by atoms with van der Waals surface area (Å²) in [7, 11) is -3.39. The number of hydrogen-bond donors (Lipinski definition) is 0. The van der Waals surface area contributed by atoms with E-state index in [-0.39, 0.29) is 12.2 Å². The van der Waals surface area contributed by atoms with Crippen molar-refractivity contribution in [2.24, 2.45) is 0 Å². The maximum absolute atomic E-state index is 12.5. The molecular formula is C14H23O4P. The summed E-state index contributed by atoms with van der Waals surface area (Å²) in [5.74, 6) is 0. The molecule has 1 saturated heterocycles. The van der Waals surface area contributed by atoms with Crippen molar-refractivity contribution in [2.75, 3.05) is 6.61 Å². The van der Waals surface area contributed by atoms with Crippen LogP contribution in [0.3, 0.4) is 0 Å². The van der Waals surface area contributed by atoms with E-state index >= 15 is 0 Å². The van der Waals surface area contributed by atoms with Crippen LogP contribution >= 0.6 is 7.82 Å². The zero-order valence-corrected chi connectivity index (χ0v) is 12.7. The Balaban J connectivity index is 2.13. The smallest absolute Gasteiger partial charge is 0.287 e. The fraction of sp³-hybridized carbons (Fsp3) is 0.714. The van der Waals surface area contributed by atoms with Crippen LogP contribution in [-0.4, -0.2) is 18.8 Å². The molecule has 0 spiro atoms. The van der Waals surface area contributed by atoms with E-state index in [0.29, 0.717) is 13.0 Å². The molecule has 19 heavy (non-hydrogen) atoms. The molecular weight excluding hydrogens is 263 g/mol. The third-order valence-electron chi connectivity index (χ3n) is 3.30. The zero-order chi connectivity index (χ0) is 13.9. The molecule has 0 saturated carbocycles. The molecule has 0 aromatic heterocycles. The molecule has 1 fully saturated rings. The van der Waals surface area contributed by atoms with Crippen molar-refractivity contribution < 1.29 is 18.1 Å². The Bertz CT molecular complexity index is 416. The highest BCUT2D eigenvalue weighted by atomic mass is 31.2. The van der Waals surface area contributed by atoms with Gasteiger partial charge in [-0.3, -0.25) is 13.6 Å². The van der Waals surface area contributed by atoms with Gasteiger partial charge in [-0.2, -0.15) is 0 Å². The minimum Gasteiger partial charge on any atom is -0.287 e. The predicted octanol–water partition coefficient (Wildman–Crippen LogP) is 4.38.